The third-order valence-corrected chi connectivity index (χ3v) is 11.9. The third kappa shape index (κ3) is 4.28. The first-order valence-electron chi connectivity index (χ1n) is 19.2. The number of para-hydroxylation sites is 1. The first-order chi connectivity index (χ1) is 27.8. The highest BCUT2D eigenvalue weighted by Gasteiger charge is 2.56. The Bertz CT molecular complexity index is 3140. The first kappa shape index (κ1) is 31.0. The number of furan rings is 1. The van der Waals surface area contributed by atoms with Crippen molar-refractivity contribution in [3.63, 3.8) is 0 Å². The van der Waals surface area contributed by atoms with E-state index in [9.17, 15) is 0 Å². The van der Waals surface area contributed by atoms with Gasteiger partial charge in [0, 0.05) is 27.6 Å². The second-order valence-electron chi connectivity index (χ2n) is 14.8. The molecule has 0 N–H and O–H groups in total. The molecular formula is C53H32N2O. The molecule has 2 aromatic heterocycles. The minimum atomic E-state index is -0.600. The van der Waals surface area contributed by atoms with Gasteiger partial charge in [0.25, 0.3) is 0 Å². The van der Waals surface area contributed by atoms with Crippen LogP contribution in [-0.2, 0) is 5.41 Å². The van der Waals surface area contributed by atoms with Gasteiger partial charge in [-0.15, -0.1) is 0 Å². The molecule has 0 radical (unpaired) electrons. The van der Waals surface area contributed by atoms with E-state index in [0.717, 1.165) is 55.8 Å². The Labute approximate surface area is 324 Å². The SMILES string of the molecule is c1ccc(-c2cc(-c3ccc(-c4cccc5c4C4(c6ccccc6-c6ccccc64)c4oc6ccccc6c4-5)cc3)nc(-c3cccc4ccccc34)n2)cc1. The second-order valence-corrected chi connectivity index (χ2v) is 14.8. The van der Waals surface area contributed by atoms with E-state index in [0.29, 0.717) is 5.82 Å². The minimum absolute atomic E-state index is 0.600. The van der Waals surface area contributed by atoms with Crippen molar-refractivity contribution >= 4 is 21.7 Å². The van der Waals surface area contributed by atoms with Crippen LogP contribution in [0.3, 0.4) is 0 Å². The van der Waals surface area contributed by atoms with E-state index >= 15 is 0 Å². The molecule has 0 saturated heterocycles. The van der Waals surface area contributed by atoms with Crippen LogP contribution >= 0.6 is 0 Å². The molecule has 0 aliphatic heterocycles. The Morgan fingerprint density at radius 2 is 0.929 bits per heavy atom. The molecule has 0 unspecified atom stereocenters. The van der Waals surface area contributed by atoms with Gasteiger partial charge < -0.3 is 4.42 Å². The largest absolute Gasteiger partial charge is 0.459 e. The molecular weight excluding hydrogens is 681 g/mol. The van der Waals surface area contributed by atoms with Gasteiger partial charge in [-0.25, -0.2) is 9.97 Å². The summed E-state index contributed by atoms with van der Waals surface area (Å²) in [5, 5.41) is 3.45. The maximum Gasteiger partial charge on any atom is 0.161 e. The first-order valence-corrected chi connectivity index (χ1v) is 19.2. The van der Waals surface area contributed by atoms with Crippen LogP contribution in [-0.4, -0.2) is 9.97 Å². The van der Waals surface area contributed by atoms with Gasteiger partial charge in [-0.05, 0) is 67.4 Å². The lowest BCUT2D eigenvalue weighted by Gasteiger charge is -2.30. The molecule has 0 amide bonds. The van der Waals surface area contributed by atoms with Gasteiger partial charge in [0.15, 0.2) is 5.82 Å². The Hall–Kier alpha value is -7.36. The van der Waals surface area contributed by atoms with Crippen LogP contribution in [0.2, 0.25) is 0 Å². The fourth-order valence-corrected chi connectivity index (χ4v) is 9.56. The molecule has 0 atom stereocenters. The van der Waals surface area contributed by atoms with Crippen molar-refractivity contribution in [3.05, 3.63) is 217 Å². The van der Waals surface area contributed by atoms with Crippen LogP contribution in [0.5, 0.6) is 0 Å². The molecule has 8 aromatic carbocycles. The van der Waals surface area contributed by atoms with E-state index in [2.05, 4.69) is 188 Å². The molecule has 12 rings (SSSR count). The van der Waals surface area contributed by atoms with Gasteiger partial charge in [-0.1, -0.05) is 182 Å². The number of aromatic nitrogens is 2. The minimum Gasteiger partial charge on any atom is -0.459 e. The zero-order valence-corrected chi connectivity index (χ0v) is 30.3. The summed E-state index contributed by atoms with van der Waals surface area (Å²) in [6.45, 7) is 0. The summed E-state index contributed by atoms with van der Waals surface area (Å²) in [4.78, 5) is 10.4. The monoisotopic (exact) mass is 712 g/mol. The molecule has 10 aromatic rings. The highest BCUT2D eigenvalue weighted by Crippen LogP contribution is 2.66. The number of nitrogens with zero attached hydrogens (tertiary/aromatic N) is 2. The molecule has 2 heterocycles. The maximum absolute atomic E-state index is 7.02. The average Bonchev–Trinajstić information content (AvgIpc) is 3.90. The molecule has 3 nitrogen and oxygen atoms in total. The standard InChI is InChI=1S/C53H32N2O/c1-2-15-35(16-3-1)46-32-47(55-52(54-46)41-23-12-17-33-14-4-5-18-37(33)41)36-30-28-34(29-31-36)38-22-13-24-43-49-42-21-8-11-27-48(42)56-51(49)53(50(38)43)44-25-9-6-19-39(44)40-20-7-10-26-45(40)53/h1-32H. The third-order valence-electron chi connectivity index (χ3n) is 11.9. The normalized spacial score (nSPS) is 13.1. The molecule has 2 aliphatic carbocycles. The summed E-state index contributed by atoms with van der Waals surface area (Å²) >= 11 is 0. The summed E-state index contributed by atoms with van der Waals surface area (Å²) in [6.07, 6.45) is 0. The van der Waals surface area contributed by atoms with Gasteiger partial charge in [-0.3, -0.25) is 0 Å². The number of hydrogen-bond donors (Lipinski definition) is 0. The highest BCUT2D eigenvalue weighted by atomic mass is 16.3. The van der Waals surface area contributed by atoms with Gasteiger partial charge in [0.05, 0.1) is 11.4 Å². The average molecular weight is 713 g/mol. The fraction of sp³-hybridized carbons (Fsp3) is 0.0189. The van der Waals surface area contributed by atoms with Gasteiger partial charge in [-0.2, -0.15) is 0 Å². The van der Waals surface area contributed by atoms with E-state index in [1.54, 1.807) is 0 Å². The number of hydrogen-bond acceptors (Lipinski definition) is 3. The summed E-state index contributed by atoms with van der Waals surface area (Å²) in [6, 6.07) is 69.2. The number of benzene rings is 8. The van der Waals surface area contributed by atoms with E-state index in [1.807, 2.05) is 6.07 Å². The van der Waals surface area contributed by atoms with Crippen molar-refractivity contribution in [2.45, 2.75) is 5.41 Å². The second kappa shape index (κ2) is 11.8. The highest BCUT2D eigenvalue weighted by molar-refractivity contribution is 6.06. The topological polar surface area (TPSA) is 38.9 Å². The summed E-state index contributed by atoms with van der Waals surface area (Å²) in [5.74, 6) is 1.72. The Morgan fingerprint density at radius 1 is 0.393 bits per heavy atom. The van der Waals surface area contributed by atoms with Crippen molar-refractivity contribution in [3.8, 4) is 67.3 Å². The molecule has 3 heteroatoms. The Morgan fingerprint density at radius 3 is 1.70 bits per heavy atom. The number of fused-ring (bicyclic) bond motifs is 13. The zero-order valence-electron chi connectivity index (χ0n) is 30.3. The van der Waals surface area contributed by atoms with Crippen LogP contribution in [0.15, 0.2) is 199 Å². The predicted molar refractivity (Wildman–Crippen MR) is 227 cm³/mol. The zero-order chi connectivity index (χ0) is 36.8. The smallest absolute Gasteiger partial charge is 0.161 e. The van der Waals surface area contributed by atoms with Crippen molar-refractivity contribution in [2.24, 2.45) is 0 Å². The molecule has 2 aliphatic rings. The lowest BCUT2D eigenvalue weighted by Crippen LogP contribution is -2.26. The van der Waals surface area contributed by atoms with Crippen molar-refractivity contribution in [2.75, 3.05) is 0 Å². The lowest BCUT2D eigenvalue weighted by atomic mass is 9.71. The van der Waals surface area contributed by atoms with Crippen LogP contribution < -0.4 is 0 Å². The molecule has 56 heavy (non-hydrogen) atoms. The summed E-state index contributed by atoms with van der Waals surface area (Å²) in [7, 11) is 0. The van der Waals surface area contributed by atoms with Crippen molar-refractivity contribution in [1.82, 2.24) is 9.97 Å². The van der Waals surface area contributed by atoms with Crippen LogP contribution in [0, 0.1) is 0 Å². The quantitative estimate of drug-likeness (QED) is 0.182. The molecule has 0 fully saturated rings. The van der Waals surface area contributed by atoms with Crippen LogP contribution in [0.4, 0.5) is 0 Å². The van der Waals surface area contributed by atoms with E-state index in [1.165, 1.54) is 49.9 Å². The van der Waals surface area contributed by atoms with E-state index < -0.39 is 5.41 Å². The Balaban J connectivity index is 1.06. The van der Waals surface area contributed by atoms with Gasteiger partial charge in [0.2, 0.25) is 0 Å². The predicted octanol–water partition coefficient (Wildman–Crippen LogP) is 13.4. The van der Waals surface area contributed by atoms with Crippen LogP contribution in [0.1, 0.15) is 22.5 Å². The van der Waals surface area contributed by atoms with Crippen molar-refractivity contribution < 1.29 is 4.42 Å². The lowest BCUT2D eigenvalue weighted by molar-refractivity contribution is 0.507. The Kier molecular flexibility index (Phi) is 6.55. The number of rotatable bonds is 4. The summed E-state index contributed by atoms with van der Waals surface area (Å²) in [5.41, 5.74) is 16.3. The van der Waals surface area contributed by atoms with Crippen LogP contribution in [0.25, 0.3) is 89.0 Å². The van der Waals surface area contributed by atoms with E-state index in [4.69, 9.17) is 14.4 Å². The molecule has 0 bridgehead atoms. The van der Waals surface area contributed by atoms with Gasteiger partial charge >= 0.3 is 0 Å². The molecule has 260 valence electrons. The molecule has 0 saturated carbocycles. The van der Waals surface area contributed by atoms with Gasteiger partial charge in [0.1, 0.15) is 16.8 Å². The van der Waals surface area contributed by atoms with Crippen molar-refractivity contribution in [1.29, 1.82) is 0 Å². The molecule has 1 spiro atoms. The van der Waals surface area contributed by atoms with E-state index in [-0.39, 0.29) is 0 Å². The fourth-order valence-electron chi connectivity index (χ4n) is 9.56. The summed E-state index contributed by atoms with van der Waals surface area (Å²) < 4.78 is 7.02. The maximum atomic E-state index is 7.02.